The van der Waals surface area contributed by atoms with Gasteiger partial charge in [0.2, 0.25) is 0 Å². The van der Waals surface area contributed by atoms with E-state index in [9.17, 15) is 14.0 Å². The number of methoxy groups -OCH3 is 1. The van der Waals surface area contributed by atoms with Gasteiger partial charge in [-0.05, 0) is 44.9 Å². The number of nitrogens with one attached hydrogen (secondary N) is 1. The minimum atomic E-state index is -0.384. The molecule has 154 valence electrons. The number of hydrogen-bond acceptors (Lipinski definition) is 5. The molecule has 2 aliphatic heterocycles. The maximum atomic E-state index is 14.7. The number of nitrogens with zero attached hydrogens (tertiary/aromatic N) is 2. The van der Waals surface area contributed by atoms with E-state index < -0.39 is 0 Å². The van der Waals surface area contributed by atoms with Gasteiger partial charge in [0, 0.05) is 31.9 Å². The number of carbonyl (C=O) groups excluding carboxylic acids is 2. The fraction of sp³-hybridized carbons (Fsp3) is 0.600. The van der Waals surface area contributed by atoms with E-state index in [1.165, 1.54) is 13.2 Å². The highest BCUT2D eigenvalue weighted by Gasteiger charge is 2.29. The molecule has 0 aromatic heterocycles. The second-order valence-corrected chi connectivity index (χ2v) is 7.57. The van der Waals surface area contributed by atoms with Crippen LogP contribution in [0.3, 0.4) is 0 Å². The van der Waals surface area contributed by atoms with Crippen molar-refractivity contribution in [2.45, 2.75) is 38.9 Å². The molecule has 2 aliphatic rings. The predicted octanol–water partition coefficient (Wildman–Crippen LogP) is 2.86. The quantitative estimate of drug-likeness (QED) is 0.800. The van der Waals surface area contributed by atoms with Gasteiger partial charge in [-0.2, -0.15) is 0 Å². The van der Waals surface area contributed by atoms with Gasteiger partial charge in [0.15, 0.2) is 0 Å². The molecule has 0 bridgehead atoms. The zero-order chi connectivity index (χ0) is 20.3. The fourth-order valence-electron chi connectivity index (χ4n) is 3.94. The molecule has 8 heteroatoms. The molecule has 0 saturated carbocycles. The maximum Gasteiger partial charge on any atom is 0.321 e. The topological polar surface area (TPSA) is 71.1 Å². The second kappa shape index (κ2) is 8.77. The van der Waals surface area contributed by atoms with Crippen molar-refractivity contribution in [1.29, 1.82) is 0 Å². The average molecular weight is 393 g/mol. The third-order valence-corrected chi connectivity index (χ3v) is 5.20. The van der Waals surface area contributed by atoms with E-state index in [0.717, 1.165) is 6.42 Å². The number of urea groups is 1. The van der Waals surface area contributed by atoms with Crippen LogP contribution < -0.4 is 10.2 Å². The van der Waals surface area contributed by atoms with Gasteiger partial charge in [0.25, 0.3) is 0 Å². The minimum Gasteiger partial charge on any atom is -0.469 e. The molecular weight excluding hydrogens is 365 g/mol. The predicted molar refractivity (Wildman–Crippen MR) is 104 cm³/mol. The Balaban J connectivity index is 1.64. The van der Waals surface area contributed by atoms with E-state index in [1.54, 1.807) is 17.0 Å². The lowest BCUT2D eigenvalue weighted by Crippen LogP contribution is -2.46. The molecule has 2 amide bonds. The van der Waals surface area contributed by atoms with Gasteiger partial charge in [0.1, 0.15) is 5.82 Å². The molecule has 1 aromatic carbocycles. The highest BCUT2D eigenvalue weighted by Crippen LogP contribution is 2.26. The van der Waals surface area contributed by atoms with Crippen LogP contribution in [0.1, 0.15) is 26.7 Å². The van der Waals surface area contributed by atoms with Crippen LogP contribution in [0.15, 0.2) is 18.2 Å². The summed E-state index contributed by atoms with van der Waals surface area (Å²) in [5.74, 6) is -0.999. The van der Waals surface area contributed by atoms with Gasteiger partial charge in [-0.1, -0.05) is 0 Å². The van der Waals surface area contributed by atoms with Crippen LogP contribution in [0.25, 0.3) is 0 Å². The number of ether oxygens (including phenoxy) is 2. The van der Waals surface area contributed by atoms with Crippen LogP contribution >= 0.6 is 0 Å². The molecule has 1 N–H and O–H groups in total. The first kappa shape index (κ1) is 20.4. The summed E-state index contributed by atoms with van der Waals surface area (Å²) in [6.45, 7) is 6.04. The van der Waals surface area contributed by atoms with Crippen LogP contribution in [-0.2, 0) is 14.3 Å². The van der Waals surface area contributed by atoms with Crippen molar-refractivity contribution in [3.05, 3.63) is 24.0 Å². The van der Waals surface area contributed by atoms with Crippen molar-refractivity contribution >= 4 is 23.4 Å². The van der Waals surface area contributed by atoms with E-state index in [1.807, 2.05) is 18.7 Å². The lowest BCUT2D eigenvalue weighted by molar-refractivity contribution is -0.146. The minimum absolute atomic E-state index is 0.0318. The molecule has 2 heterocycles. The number of halogens is 1. The summed E-state index contributed by atoms with van der Waals surface area (Å²) in [6, 6.07) is 4.38. The number of hydrogen-bond donors (Lipinski definition) is 1. The number of morpholine rings is 1. The summed E-state index contributed by atoms with van der Waals surface area (Å²) in [4.78, 5) is 27.8. The number of rotatable bonds is 3. The lowest BCUT2D eigenvalue weighted by Gasteiger charge is -2.37. The summed E-state index contributed by atoms with van der Waals surface area (Å²) < 4.78 is 25.2. The van der Waals surface area contributed by atoms with Crippen molar-refractivity contribution in [3.63, 3.8) is 0 Å². The van der Waals surface area contributed by atoms with Crippen LogP contribution in [0.5, 0.6) is 0 Å². The Morgan fingerprint density at radius 1 is 1.21 bits per heavy atom. The number of benzene rings is 1. The number of esters is 1. The summed E-state index contributed by atoms with van der Waals surface area (Å²) in [5, 5.41) is 2.73. The van der Waals surface area contributed by atoms with Crippen LogP contribution in [0.4, 0.5) is 20.6 Å². The van der Waals surface area contributed by atoms with Crippen molar-refractivity contribution in [2.75, 3.05) is 43.5 Å². The molecule has 3 rings (SSSR count). The number of carbonyl (C=O) groups is 2. The molecule has 0 radical (unpaired) electrons. The number of amides is 2. The molecule has 3 atom stereocenters. The number of likely N-dealkylation sites (tertiary alicyclic amines) is 1. The number of piperidine rings is 1. The van der Waals surface area contributed by atoms with Gasteiger partial charge in [-0.25, -0.2) is 9.18 Å². The first-order valence-electron chi connectivity index (χ1n) is 9.71. The standard InChI is InChI=1S/C20H28FN3O4/c1-13-10-24(11-14(2)28-13)18-7-6-16(9-17(18)21)22-20(26)23-8-4-5-15(12-23)19(25)27-3/h6-7,9,13-15H,4-5,8,10-12H2,1-3H3,(H,22,26)/t13-,14-,15-/m1/s1. The van der Waals surface area contributed by atoms with E-state index in [0.29, 0.717) is 44.0 Å². The largest absolute Gasteiger partial charge is 0.469 e. The molecular formula is C20H28FN3O4. The molecule has 2 fully saturated rings. The van der Waals surface area contributed by atoms with Crippen molar-refractivity contribution < 1.29 is 23.5 Å². The summed E-state index contributed by atoms with van der Waals surface area (Å²) >= 11 is 0. The van der Waals surface area contributed by atoms with E-state index in [-0.39, 0.29) is 35.9 Å². The van der Waals surface area contributed by atoms with Crippen molar-refractivity contribution in [3.8, 4) is 0 Å². The first-order chi connectivity index (χ1) is 13.4. The van der Waals surface area contributed by atoms with Gasteiger partial charge >= 0.3 is 12.0 Å². The molecule has 7 nitrogen and oxygen atoms in total. The highest BCUT2D eigenvalue weighted by atomic mass is 19.1. The Labute approximate surface area is 164 Å². The monoisotopic (exact) mass is 393 g/mol. The van der Waals surface area contributed by atoms with E-state index in [4.69, 9.17) is 9.47 Å². The smallest absolute Gasteiger partial charge is 0.321 e. The van der Waals surface area contributed by atoms with Crippen LogP contribution in [-0.4, -0.2) is 62.4 Å². The van der Waals surface area contributed by atoms with Crippen molar-refractivity contribution in [1.82, 2.24) is 4.90 Å². The van der Waals surface area contributed by atoms with Crippen LogP contribution in [0, 0.1) is 11.7 Å². The van der Waals surface area contributed by atoms with Gasteiger partial charge in [0.05, 0.1) is 30.9 Å². The summed E-state index contributed by atoms with van der Waals surface area (Å²) in [7, 11) is 1.35. The number of anilines is 2. The zero-order valence-corrected chi connectivity index (χ0v) is 16.6. The average Bonchev–Trinajstić information content (AvgIpc) is 2.66. The molecule has 0 aliphatic carbocycles. The molecule has 1 aromatic rings. The van der Waals surface area contributed by atoms with E-state index in [2.05, 4.69) is 5.32 Å². The molecule has 0 spiro atoms. The second-order valence-electron chi connectivity index (χ2n) is 7.57. The normalized spacial score (nSPS) is 25.4. The molecule has 0 unspecified atom stereocenters. The van der Waals surface area contributed by atoms with Gasteiger partial charge < -0.3 is 24.6 Å². The third-order valence-electron chi connectivity index (χ3n) is 5.20. The van der Waals surface area contributed by atoms with Crippen molar-refractivity contribution in [2.24, 2.45) is 5.92 Å². The summed E-state index contributed by atoms with van der Waals surface area (Å²) in [6.07, 6.45) is 1.50. The fourth-order valence-corrected chi connectivity index (χ4v) is 3.94. The summed E-state index contributed by atoms with van der Waals surface area (Å²) in [5.41, 5.74) is 0.893. The van der Waals surface area contributed by atoms with Gasteiger partial charge in [-0.15, -0.1) is 0 Å². The third kappa shape index (κ3) is 4.73. The molecule has 28 heavy (non-hydrogen) atoms. The highest BCUT2D eigenvalue weighted by molar-refractivity contribution is 5.90. The lowest BCUT2D eigenvalue weighted by atomic mass is 9.98. The Bertz CT molecular complexity index is 719. The maximum absolute atomic E-state index is 14.7. The zero-order valence-electron chi connectivity index (χ0n) is 16.6. The Hall–Kier alpha value is -2.35. The van der Waals surface area contributed by atoms with Crippen LogP contribution in [0.2, 0.25) is 0 Å². The van der Waals surface area contributed by atoms with E-state index >= 15 is 0 Å². The molecule has 2 saturated heterocycles. The first-order valence-corrected chi connectivity index (χ1v) is 9.71. The Morgan fingerprint density at radius 3 is 2.57 bits per heavy atom. The Morgan fingerprint density at radius 2 is 1.93 bits per heavy atom. The van der Waals surface area contributed by atoms with Gasteiger partial charge in [-0.3, -0.25) is 4.79 Å². The Kier molecular flexibility index (Phi) is 6.39. The SMILES string of the molecule is COC(=O)[C@@H]1CCCN(C(=O)Nc2ccc(N3C[C@@H](C)O[C@H](C)C3)c(F)c2)C1.